The van der Waals surface area contributed by atoms with Gasteiger partial charge in [0.05, 0.1) is 14.9 Å². The molecular weight excluding hydrogens is 426 g/mol. The number of nitrogens with zero attached hydrogens (tertiary/aromatic N) is 2. The predicted octanol–water partition coefficient (Wildman–Crippen LogP) is 3.68. The van der Waals surface area contributed by atoms with E-state index in [1.165, 1.54) is 28.6 Å². The molecule has 0 radical (unpaired) electrons. The Morgan fingerprint density at radius 3 is 2.39 bits per heavy atom. The molecule has 28 heavy (non-hydrogen) atoms. The molecule has 1 aliphatic rings. The Balaban J connectivity index is 1.64. The molecule has 0 atom stereocenters. The molecule has 0 saturated carbocycles. The number of carbonyl (C=O) groups excluding carboxylic acids is 1. The van der Waals surface area contributed by atoms with E-state index in [2.05, 4.69) is 0 Å². The van der Waals surface area contributed by atoms with Gasteiger partial charge in [-0.2, -0.15) is 4.31 Å². The van der Waals surface area contributed by atoms with Crippen molar-refractivity contribution in [2.75, 3.05) is 26.2 Å². The second kappa shape index (κ2) is 8.61. The number of amides is 1. The van der Waals surface area contributed by atoms with Gasteiger partial charge in [0.1, 0.15) is 5.82 Å². The standard InChI is InChI=1S/C19H17Cl2FN2O3S/c20-17-6-1-3-14(19(17)21)7-8-18(25)23-9-11-24(12-10-23)28(26,27)16-5-2-4-15(22)13-16/h1-8,13H,9-12H2/b8-7+. The van der Waals surface area contributed by atoms with Crippen LogP contribution in [0.5, 0.6) is 0 Å². The van der Waals surface area contributed by atoms with Crippen molar-refractivity contribution in [3.63, 3.8) is 0 Å². The molecule has 1 saturated heterocycles. The van der Waals surface area contributed by atoms with Gasteiger partial charge in [-0.05, 0) is 35.9 Å². The summed E-state index contributed by atoms with van der Waals surface area (Å²) in [5.74, 6) is -0.862. The molecule has 2 aromatic rings. The summed E-state index contributed by atoms with van der Waals surface area (Å²) in [5.41, 5.74) is 0.620. The van der Waals surface area contributed by atoms with E-state index in [1.807, 2.05) is 0 Å². The van der Waals surface area contributed by atoms with E-state index in [1.54, 1.807) is 29.2 Å². The van der Waals surface area contributed by atoms with Crippen LogP contribution in [0.4, 0.5) is 4.39 Å². The quantitative estimate of drug-likeness (QED) is 0.678. The summed E-state index contributed by atoms with van der Waals surface area (Å²) in [4.78, 5) is 13.8. The van der Waals surface area contributed by atoms with Gasteiger partial charge in [0.2, 0.25) is 15.9 Å². The first kappa shape index (κ1) is 20.8. The van der Waals surface area contributed by atoms with E-state index in [0.29, 0.717) is 15.6 Å². The fourth-order valence-electron chi connectivity index (χ4n) is 2.84. The molecule has 1 heterocycles. The monoisotopic (exact) mass is 442 g/mol. The van der Waals surface area contributed by atoms with Crippen LogP contribution in [-0.2, 0) is 14.8 Å². The van der Waals surface area contributed by atoms with Gasteiger partial charge >= 0.3 is 0 Å². The van der Waals surface area contributed by atoms with Gasteiger partial charge < -0.3 is 4.90 Å². The van der Waals surface area contributed by atoms with Gasteiger partial charge in [0, 0.05) is 32.3 Å². The van der Waals surface area contributed by atoms with Crippen molar-refractivity contribution in [3.05, 3.63) is 70.0 Å². The molecule has 0 bridgehead atoms. The molecule has 9 heteroatoms. The predicted molar refractivity (Wildman–Crippen MR) is 107 cm³/mol. The Hall–Kier alpha value is -1.93. The van der Waals surface area contributed by atoms with Gasteiger partial charge in [-0.1, -0.05) is 41.4 Å². The van der Waals surface area contributed by atoms with Crippen LogP contribution in [0.15, 0.2) is 53.4 Å². The molecular formula is C19H17Cl2FN2O3S. The summed E-state index contributed by atoms with van der Waals surface area (Å²) in [5, 5.41) is 0.756. The van der Waals surface area contributed by atoms with E-state index in [-0.39, 0.29) is 37.0 Å². The number of sulfonamides is 1. The highest BCUT2D eigenvalue weighted by Gasteiger charge is 2.29. The third kappa shape index (κ3) is 4.55. The van der Waals surface area contributed by atoms with Gasteiger partial charge in [0.25, 0.3) is 0 Å². The van der Waals surface area contributed by atoms with Crippen LogP contribution < -0.4 is 0 Å². The second-order valence-corrected chi connectivity index (χ2v) is 8.89. The van der Waals surface area contributed by atoms with Gasteiger partial charge in [-0.25, -0.2) is 12.8 Å². The van der Waals surface area contributed by atoms with E-state index in [0.717, 1.165) is 6.07 Å². The third-order valence-corrected chi connectivity index (χ3v) is 7.10. The summed E-state index contributed by atoms with van der Waals surface area (Å²) < 4.78 is 39.8. The lowest BCUT2D eigenvalue weighted by atomic mass is 10.2. The van der Waals surface area contributed by atoms with Crippen molar-refractivity contribution in [3.8, 4) is 0 Å². The average molecular weight is 443 g/mol. The molecule has 1 fully saturated rings. The van der Waals surface area contributed by atoms with Crippen LogP contribution in [0.25, 0.3) is 6.08 Å². The minimum atomic E-state index is -3.79. The molecule has 148 valence electrons. The molecule has 3 rings (SSSR count). The lowest BCUT2D eigenvalue weighted by Gasteiger charge is -2.33. The van der Waals surface area contributed by atoms with Gasteiger partial charge in [-0.3, -0.25) is 4.79 Å². The minimum Gasteiger partial charge on any atom is -0.337 e. The maximum atomic E-state index is 13.3. The maximum Gasteiger partial charge on any atom is 0.246 e. The molecule has 5 nitrogen and oxygen atoms in total. The second-order valence-electron chi connectivity index (χ2n) is 6.16. The first-order valence-electron chi connectivity index (χ1n) is 8.46. The number of hydrogen-bond donors (Lipinski definition) is 0. The Bertz CT molecular complexity index is 1020. The summed E-state index contributed by atoms with van der Waals surface area (Å²) in [6.07, 6.45) is 2.96. The Morgan fingerprint density at radius 1 is 1.04 bits per heavy atom. The smallest absolute Gasteiger partial charge is 0.246 e. The molecule has 0 spiro atoms. The first-order chi connectivity index (χ1) is 13.3. The highest BCUT2D eigenvalue weighted by molar-refractivity contribution is 7.89. The highest BCUT2D eigenvalue weighted by atomic mass is 35.5. The van der Waals surface area contributed by atoms with Crippen LogP contribution in [0.3, 0.4) is 0 Å². The maximum absolute atomic E-state index is 13.3. The van der Waals surface area contributed by atoms with Crippen LogP contribution >= 0.6 is 23.2 Å². The number of carbonyl (C=O) groups is 1. The fourth-order valence-corrected chi connectivity index (χ4v) is 4.67. The zero-order valence-electron chi connectivity index (χ0n) is 14.7. The van der Waals surface area contributed by atoms with E-state index in [9.17, 15) is 17.6 Å². The lowest BCUT2D eigenvalue weighted by Crippen LogP contribution is -2.50. The molecule has 0 unspecified atom stereocenters. The number of hydrogen-bond acceptors (Lipinski definition) is 3. The molecule has 1 aliphatic heterocycles. The number of piperazine rings is 1. The van der Waals surface area contributed by atoms with Gasteiger partial charge in [-0.15, -0.1) is 0 Å². The van der Waals surface area contributed by atoms with Crippen molar-refractivity contribution in [1.82, 2.24) is 9.21 Å². The van der Waals surface area contributed by atoms with Crippen molar-refractivity contribution >= 4 is 45.2 Å². The topological polar surface area (TPSA) is 57.7 Å². The zero-order valence-corrected chi connectivity index (χ0v) is 17.0. The third-order valence-electron chi connectivity index (χ3n) is 4.37. The molecule has 2 aromatic carbocycles. The van der Waals surface area contributed by atoms with Crippen molar-refractivity contribution in [2.45, 2.75) is 4.90 Å². The van der Waals surface area contributed by atoms with Crippen LogP contribution in [0.2, 0.25) is 10.0 Å². The van der Waals surface area contributed by atoms with E-state index < -0.39 is 15.8 Å². The normalized spacial score (nSPS) is 15.9. The SMILES string of the molecule is O=C(/C=C/c1cccc(Cl)c1Cl)N1CCN(S(=O)(=O)c2cccc(F)c2)CC1. The van der Waals surface area contributed by atoms with Crippen molar-refractivity contribution in [2.24, 2.45) is 0 Å². The number of halogens is 3. The summed E-state index contributed by atoms with van der Waals surface area (Å²) in [7, 11) is -3.79. The Labute approximate surface area is 173 Å². The Kier molecular flexibility index (Phi) is 6.40. The fraction of sp³-hybridized carbons (Fsp3) is 0.211. The summed E-state index contributed by atoms with van der Waals surface area (Å²) in [6.45, 7) is 0.745. The van der Waals surface area contributed by atoms with Crippen molar-refractivity contribution in [1.29, 1.82) is 0 Å². The molecule has 0 aromatic heterocycles. The lowest BCUT2D eigenvalue weighted by molar-refractivity contribution is -0.127. The number of benzene rings is 2. The first-order valence-corrected chi connectivity index (χ1v) is 10.7. The number of rotatable bonds is 4. The van der Waals surface area contributed by atoms with Gasteiger partial charge in [0.15, 0.2) is 0 Å². The average Bonchev–Trinajstić information content (AvgIpc) is 2.69. The van der Waals surface area contributed by atoms with E-state index in [4.69, 9.17) is 23.2 Å². The Morgan fingerprint density at radius 2 is 1.71 bits per heavy atom. The summed E-state index contributed by atoms with van der Waals surface area (Å²) in [6, 6.07) is 10.0. The van der Waals surface area contributed by atoms with Crippen LogP contribution in [0, 0.1) is 5.82 Å². The van der Waals surface area contributed by atoms with Crippen LogP contribution in [0.1, 0.15) is 5.56 Å². The van der Waals surface area contributed by atoms with Crippen molar-refractivity contribution < 1.29 is 17.6 Å². The van der Waals surface area contributed by atoms with Crippen LogP contribution in [-0.4, -0.2) is 49.7 Å². The molecule has 0 N–H and O–H groups in total. The molecule has 1 amide bonds. The largest absolute Gasteiger partial charge is 0.337 e. The zero-order chi connectivity index (χ0) is 20.3. The highest BCUT2D eigenvalue weighted by Crippen LogP contribution is 2.26. The minimum absolute atomic E-state index is 0.0947. The molecule has 0 aliphatic carbocycles. The van der Waals surface area contributed by atoms with E-state index >= 15 is 0 Å². The summed E-state index contributed by atoms with van der Waals surface area (Å²) >= 11 is 12.0.